The molecule has 44 heavy (non-hydrogen) atoms. The van der Waals surface area contributed by atoms with Crippen LogP contribution in [-0.2, 0) is 9.47 Å². The Morgan fingerprint density at radius 2 is 2.07 bits per heavy atom. The highest BCUT2D eigenvalue weighted by molar-refractivity contribution is 7.99. The molecule has 0 radical (unpaired) electrons. The molecule has 1 aromatic carbocycles. The van der Waals surface area contributed by atoms with Crippen molar-refractivity contribution in [2.45, 2.75) is 23.3 Å². The fraction of sp³-hybridized carbons (Fsp3) is 0.367. The Hall–Kier alpha value is -4.40. The maximum Gasteiger partial charge on any atom is 0.412 e. The van der Waals surface area contributed by atoms with Gasteiger partial charge >= 0.3 is 6.09 Å². The maximum atomic E-state index is 13.2. The molecule has 0 saturated carbocycles. The lowest BCUT2D eigenvalue weighted by atomic mass is 9.90. The summed E-state index contributed by atoms with van der Waals surface area (Å²) in [5.74, 6) is 1.92. The van der Waals surface area contributed by atoms with Gasteiger partial charge in [0.2, 0.25) is 0 Å². The van der Waals surface area contributed by atoms with Crippen molar-refractivity contribution in [1.82, 2.24) is 34.3 Å². The molecule has 7 rings (SSSR count). The van der Waals surface area contributed by atoms with Crippen LogP contribution >= 0.6 is 11.8 Å². The third-order valence-corrected chi connectivity index (χ3v) is 9.43. The number of carbonyl (C=O) groups is 1. The number of anilines is 2. The fourth-order valence-corrected chi connectivity index (χ4v) is 6.63. The first-order chi connectivity index (χ1) is 21.5. The number of amides is 1. The van der Waals surface area contributed by atoms with E-state index in [1.54, 1.807) is 46.7 Å². The number of nitrogens with one attached hydrogen (secondary N) is 2. The van der Waals surface area contributed by atoms with Crippen molar-refractivity contribution in [3.63, 3.8) is 0 Å². The predicted molar refractivity (Wildman–Crippen MR) is 168 cm³/mol. The summed E-state index contributed by atoms with van der Waals surface area (Å²) in [6, 6.07) is 7.79. The molecule has 1 amide bonds. The number of hydrogen-bond acceptors (Lipinski definition) is 11. The van der Waals surface area contributed by atoms with Crippen LogP contribution in [0, 0.1) is 0 Å². The lowest BCUT2D eigenvalue weighted by molar-refractivity contribution is -0.0382. The minimum atomic E-state index is -0.586. The molecule has 0 aliphatic carbocycles. The number of pyridine rings is 1. The molecule has 2 aliphatic rings. The molecule has 0 spiro atoms. The lowest BCUT2D eigenvalue weighted by Crippen LogP contribution is -2.52. The van der Waals surface area contributed by atoms with Crippen LogP contribution in [0.25, 0.3) is 33.5 Å². The molecule has 0 unspecified atom stereocenters. The number of carbonyl (C=O) groups excluding carboxylic acids is 1. The lowest BCUT2D eigenvalue weighted by Gasteiger charge is -2.41. The van der Waals surface area contributed by atoms with E-state index < -0.39 is 6.09 Å². The van der Waals surface area contributed by atoms with Crippen LogP contribution in [-0.4, -0.2) is 99.2 Å². The minimum absolute atomic E-state index is 0.237. The van der Waals surface area contributed by atoms with Crippen LogP contribution in [0.4, 0.5) is 16.3 Å². The van der Waals surface area contributed by atoms with Gasteiger partial charge in [-0.05, 0) is 45.1 Å². The van der Waals surface area contributed by atoms with E-state index in [1.807, 2.05) is 38.5 Å². The molecule has 228 valence electrons. The first kappa shape index (κ1) is 28.4. The molecule has 2 aliphatic heterocycles. The van der Waals surface area contributed by atoms with Crippen LogP contribution in [0.1, 0.15) is 12.8 Å². The number of aromatic nitrogens is 6. The highest BCUT2D eigenvalue weighted by Gasteiger charge is 2.36. The van der Waals surface area contributed by atoms with E-state index >= 15 is 0 Å². The molecule has 1 fully saturated rings. The Balaban J connectivity index is 1.29. The second-order valence-corrected chi connectivity index (χ2v) is 12.2. The SMILES string of the molecule is COc1cc2c(cc1-n1nc(NC(=O)OCC3(N(C)C)CCOCC3)c3cnc(-c4cnn5cccnc45)cc31)SCCN2. The quantitative estimate of drug-likeness (QED) is 0.271. The van der Waals surface area contributed by atoms with Gasteiger partial charge in [-0.2, -0.15) is 5.10 Å². The van der Waals surface area contributed by atoms with E-state index in [-0.39, 0.29) is 12.1 Å². The van der Waals surface area contributed by atoms with Gasteiger partial charge < -0.3 is 24.4 Å². The van der Waals surface area contributed by atoms with Gasteiger partial charge in [-0.3, -0.25) is 10.3 Å². The van der Waals surface area contributed by atoms with Gasteiger partial charge in [0, 0.05) is 55.1 Å². The average molecular weight is 616 g/mol. The van der Waals surface area contributed by atoms with Gasteiger partial charge in [0.15, 0.2) is 11.5 Å². The van der Waals surface area contributed by atoms with Crippen molar-refractivity contribution in [2.75, 3.05) is 64.0 Å². The van der Waals surface area contributed by atoms with Crippen LogP contribution in [0.2, 0.25) is 0 Å². The number of thioether (sulfide) groups is 1. The van der Waals surface area contributed by atoms with Gasteiger partial charge in [0.05, 0.1) is 46.7 Å². The predicted octanol–water partition coefficient (Wildman–Crippen LogP) is 4.32. The first-order valence-electron chi connectivity index (χ1n) is 14.4. The van der Waals surface area contributed by atoms with Crippen molar-refractivity contribution in [3.8, 4) is 22.7 Å². The van der Waals surface area contributed by atoms with Gasteiger partial charge in [0.1, 0.15) is 18.0 Å². The monoisotopic (exact) mass is 615 g/mol. The third kappa shape index (κ3) is 5.08. The van der Waals surface area contributed by atoms with Gasteiger partial charge in [-0.1, -0.05) is 0 Å². The number of rotatable bonds is 7. The molecular weight excluding hydrogens is 582 g/mol. The van der Waals surface area contributed by atoms with Crippen molar-refractivity contribution < 1.29 is 19.0 Å². The zero-order valence-electron chi connectivity index (χ0n) is 24.7. The first-order valence-corrected chi connectivity index (χ1v) is 15.4. The van der Waals surface area contributed by atoms with Crippen molar-refractivity contribution in [2.24, 2.45) is 0 Å². The summed E-state index contributed by atoms with van der Waals surface area (Å²) in [6.07, 6.45) is 7.98. The minimum Gasteiger partial charge on any atom is -0.494 e. The number of ether oxygens (including phenoxy) is 3. The molecule has 0 bridgehead atoms. The van der Waals surface area contributed by atoms with E-state index in [0.717, 1.165) is 52.5 Å². The molecule has 1 saturated heterocycles. The molecule has 2 N–H and O–H groups in total. The maximum absolute atomic E-state index is 13.2. The van der Waals surface area contributed by atoms with E-state index in [9.17, 15) is 4.79 Å². The van der Waals surface area contributed by atoms with Crippen molar-refractivity contribution >= 4 is 45.9 Å². The Bertz CT molecular complexity index is 1850. The summed E-state index contributed by atoms with van der Waals surface area (Å²) < 4.78 is 20.7. The largest absolute Gasteiger partial charge is 0.494 e. The molecule has 0 atom stereocenters. The smallest absolute Gasteiger partial charge is 0.412 e. The second kappa shape index (κ2) is 11.6. The normalized spacial score (nSPS) is 16.1. The van der Waals surface area contributed by atoms with Crippen molar-refractivity contribution in [3.05, 3.63) is 49.1 Å². The van der Waals surface area contributed by atoms with E-state index in [1.165, 1.54) is 0 Å². The fourth-order valence-electron chi connectivity index (χ4n) is 5.73. The van der Waals surface area contributed by atoms with Crippen LogP contribution in [0.15, 0.2) is 53.9 Å². The Kier molecular flexibility index (Phi) is 7.48. The summed E-state index contributed by atoms with van der Waals surface area (Å²) in [5, 5.41) is 16.3. The summed E-state index contributed by atoms with van der Waals surface area (Å²) in [7, 11) is 5.65. The highest BCUT2D eigenvalue weighted by Crippen LogP contribution is 2.40. The number of fused-ring (bicyclic) bond motifs is 3. The molecule has 5 aromatic rings. The van der Waals surface area contributed by atoms with Crippen LogP contribution in [0.3, 0.4) is 0 Å². The zero-order valence-corrected chi connectivity index (χ0v) is 25.6. The average Bonchev–Trinajstić information content (AvgIpc) is 3.65. The molecule has 13 nitrogen and oxygen atoms in total. The number of benzene rings is 1. The molecule has 6 heterocycles. The van der Waals surface area contributed by atoms with Gasteiger partial charge in [0.25, 0.3) is 0 Å². The standard InChI is InChI=1S/C30H33N9O4S/c1-37(2)30(5-10-42-11-6-30)18-43-29(40)35-27-20-16-33-21(19-17-34-38-9-4-7-32-28(19)38)13-23(20)39(36-27)24-15-26-22(14-25(24)41-3)31-8-12-44-26/h4,7,9,13-17,31H,5-6,8,10-12,18H2,1-3H3,(H,35,36,40). The number of nitrogens with zero attached hydrogens (tertiary/aromatic N) is 7. The molecule has 14 heteroatoms. The second-order valence-electron chi connectivity index (χ2n) is 11.0. The van der Waals surface area contributed by atoms with Gasteiger partial charge in [-0.15, -0.1) is 16.9 Å². The number of methoxy groups -OCH3 is 1. The van der Waals surface area contributed by atoms with E-state index in [4.69, 9.17) is 24.3 Å². The zero-order chi connectivity index (χ0) is 30.3. The van der Waals surface area contributed by atoms with Gasteiger partial charge in [-0.25, -0.2) is 19.0 Å². The number of likely N-dealkylation sites (N-methyl/N-ethyl adjacent to an activating group) is 1. The highest BCUT2D eigenvalue weighted by atomic mass is 32.2. The van der Waals surface area contributed by atoms with Crippen LogP contribution in [0.5, 0.6) is 5.75 Å². The van der Waals surface area contributed by atoms with Crippen LogP contribution < -0.4 is 15.4 Å². The topological polar surface area (TPSA) is 133 Å². The summed E-state index contributed by atoms with van der Waals surface area (Å²) >= 11 is 1.77. The summed E-state index contributed by atoms with van der Waals surface area (Å²) in [5.41, 5.74) is 4.32. The Morgan fingerprint density at radius 1 is 1.20 bits per heavy atom. The Labute approximate surface area is 257 Å². The van der Waals surface area contributed by atoms with Crippen molar-refractivity contribution in [1.29, 1.82) is 0 Å². The molecular formula is C30H33N9O4S. The summed E-state index contributed by atoms with van der Waals surface area (Å²) in [6.45, 7) is 2.38. The third-order valence-electron chi connectivity index (χ3n) is 8.37. The summed E-state index contributed by atoms with van der Waals surface area (Å²) in [4.78, 5) is 25.7. The number of hydrogen-bond donors (Lipinski definition) is 2. The van der Waals surface area contributed by atoms with E-state index in [0.29, 0.717) is 41.5 Å². The Morgan fingerprint density at radius 3 is 2.89 bits per heavy atom. The molecule has 4 aromatic heterocycles. The van der Waals surface area contributed by atoms with E-state index in [2.05, 4.69) is 31.7 Å².